The maximum atomic E-state index is 11.9. The minimum Gasteiger partial charge on any atom is -0.341 e. The first-order valence-corrected chi connectivity index (χ1v) is 8.88. The van der Waals surface area contributed by atoms with Gasteiger partial charge < -0.3 is 4.98 Å². The van der Waals surface area contributed by atoms with Gasteiger partial charge in [-0.3, -0.25) is 9.69 Å². The lowest BCUT2D eigenvalue weighted by molar-refractivity contribution is 0.160. The Morgan fingerprint density at radius 2 is 1.96 bits per heavy atom. The molecule has 25 heavy (non-hydrogen) atoms. The maximum absolute atomic E-state index is 11.9. The Morgan fingerprint density at radius 3 is 2.76 bits per heavy atom. The average Bonchev–Trinajstić information content (AvgIpc) is 3.02. The predicted molar refractivity (Wildman–Crippen MR) is 97.3 cm³/mol. The summed E-state index contributed by atoms with van der Waals surface area (Å²) >= 11 is 0. The monoisotopic (exact) mass is 337 g/mol. The summed E-state index contributed by atoms with van der Waals surface area (Å²) in [5.74, 6) is 1.54. The summed E-state index contributed by atoms with van der Waals surface area (Å²) in [5, 5.41) is 4.35. The zero-order valence-corrected chi connectivity index (χ0v) is 14.5. The lowest BCUT2D eigenvalue weighted by atomic mass is 9.97. The molecule has 0 radical (unpaired) electrons. The molecule has 1 aliphatic rings. The van der Waals surface area contributed by atoms with Crippen molar-refractivity contribution < 1.29 is 0 Å². The number of H-pyrrole nitrogens is 1. The first-order chi connectivity index (χ1) is 12.2. The third-order valence-electron chi connectivity index (χ3n) is 4.95. The first kappa shape index (κ1) is 16.0. The minimum absolute atomic E-state index is 0.00435. The smallest absolute Gasteiger partial charge is 0.266 e. The van der Waals surface area contributed by atoms with E-state index in [0.717, 1.165) is 61.6 Å². The molecule has 2 aromatic heterocycles. The molecule has 1 aromatic carbocycles. The zero-order valence-electron chi connectivity index (χ0n) is 14.5. The molecule has 1 saturated heterocycles. The molecular formula is C19H23N5O. The van der Waals surface area contributed by atoms with Gasteiger partial charge in [0.05, 0.1) is 23.3 Å². The zero-order chi connectivity index (χ0) is 17.2. The van der Waals surface area contributed by atoms with E-state index >= 15 is 0 Å². The van der Waals surface area contributed by atoms with E-state index in [9.17, 15) is 4.79 Å². The van der Waals surface area contributed by atoms with Crippen molar-refractivity contribution in [3.05, 3.63) is 58.3 Å². The second kappa shape index (κ2) is 6.80. The average molecular weight is 337 g/mol. The molecule has 0 bridgehead atoms. The molecule has 1 fully saturated rings. The van der Waals surface area contributed by atoms with Crippen LogP contribution in [0.25, 0.3) is 11.0 Å². The maximum Gasteiger partial charge on any atom is 0.266 e. The van der Waals surface area contributed by atoms with Gasteiger partial charge in [-0.2, -0.15) is 5.10 Å². The van der Waals surface area contributed by atoms with Gasteiger partial charge in [0.1, 0.15) is 5.82 Å². The predicted octanol–water partition coefficient (Wildman–Crippen LogP) is 2.34. The number of hydrogen-bond acceptors (Lipinski definition) is 4. The van der Waals surface area contributed by atoms with E-state index in [-0.39, 0.29) is 5.56 Å². The summed E-state index contributed by atoms with van der Waals surface area (Å²) in [6, 6.07) is 11.5. The van der Waals surface area contributed by atoms with Gasteiger partial charge in [0.25, 0.3) is 5.56 Å². The van der Waals surface area contributed by atoms with Crippen molar-refractivity contribution in [3.63, 3.8) is 0 Å². The van der Waals surface area contributed by atoms with E-state index in [1.165, 1.54) is 0 Å². The molecule has 0 unspecified atom stereocenters. The number of aromatic nitrogens is 4. The van der Waals surface area contributed by atoms with E-state index in [1.54, 1.807) is 16.8 Å². The van der Waals surface area contributed by atoms with E-state index < -0.39 is 0 Å². The second-order valence-electron chi connectivity index (χ2n) is 6.92. The Labute approximate surface area is 146 Å². The van der Waals surface area contributed by atoms with Crippen LogP contribution >= 0.6 is 0 Å². The van der Waals surface area contributed by atoms with E-state index in [2.05, 4.69) is 26.0 Å². The summed E-state index contributed by atoms with van der Waals surface area (Å²) in [7, 11) is 0. The number of aryl methyl sites for hydroxylation is 1. The third-order valence-corrected chi connectivity index (χ3v) is 4.95. The number of nitrogens with zero attached hydrogens (tertiary/aromatic N) is 4. The van der Waals surface area contributed by atoms with Crippen molar-refractivity contribution in [3.8, 4) is 0 Å². The number of imidazole rings is 1. The molecule has 0 amide bonds. The quantitative estimate of drug-likeness (QED) is 0.793. The number of fused-ring (bicyclic) bond motifs is 1. The summed E-state index contributed by atoms with van der Waals surface area (Å²) in [6.07, 6.45) is 2.17. The highest BCUT2D eigenvalue weighted by atomic mass is 16.1. The molecule has 0 spiro atoms. The summed E-state index contributed by atoms with van der Waals surface area (Å²) < 4.78 is 1.62. The standard InChI is InChI=1S/C19H23N5O/c1-14-6-7-19(25)24(22-14)12-15-8-10-23(11-9-15)13-18-20-16-4-2-3-5-17(16)21-18/h2-7,15H,8-13H2,1H3,(H,20,21). The molecule has 3 heterocycles. The fourth-order valence-corrected chi connectivity index (χ4v) is 3.55. The van der Waals surface area contributed by atoms with Crippen LogP contribution in [0.1, 0.15) is 24.4 Å². The van der Waals surface area contributed by atoms with Gasteiger partial charge in [-0.05, 0) is 57.0 Å². The molecule has 0 saturated carbocycles. The highest BCUT2D eigenvalue weighted by molar-refractivity contribution is 5.74. The van der Waals surface area contributed by atoms with Crippen LogP contribution in [0.2, 0.25) is 0 Å². The Morgan fingerprint density at radius 1 is 1.16 bits per heavy atom. The first-order valence-electron chi connectivity index (χ1n) is 8.88. The van der Waals surface area contributed by atoms with Crippen LogP contribution in [0.15, 0.2) is 41.2 Å². The van der Waals surface area contributed by atoms with Crippen molar-refractivity contribution in [1.29, 1.82) is 0 Å². The molecule has 4 rings (SSSR count). The number of rotatable bonds is 4. The molecule has 1 aliphatic heterocycles. The lowest BCUT2D eigenvalue weighted by Crippen LogP contribution is -2.36. The molecule has 0 atom stereocenters. The highest BCUT2D eigenvalue weighted by Crippen LogP contribution is 2.20. The fraction of sp³-hybridized carbons (Fsp3) is 0.421. The SMILES string of the molecule is Cc1ccc(=O)n(CC2CCN(Cc3nc4ccccc4[nH]3)CC2)n1. The van der Waals surface area contributed by atoms with Crippen LogP contribution in [-0.2, 0) is 13.1 Å². The van der Waals surface area contributed by atoms with Gasteiger partial charge >= 0.3 is 0 Å². The number of benzene rings is 1. The van der Waals surface area contributed by atoms with E-state index in [4.69, 9.17) is 0 Å². The van der Waals surface area contributed by atoms with E-state index in [1.807, 2.05) is 25.1 Å². The van der Waals surface area contributed by atoms with Gasteiger partial charge in [0, 0.05) is 12.6 Å². The number of para-hydroxylation sites is 2. The summed E-state index contributed by atoms with van der Waals surface area (Å²) in [6.45, 7) is 5.56. The summed E-state index contributed by atoms with van der Waals surface area (Å²) in [5.41, 5.74) is 3.01. The van der Waals surface area contributed by atoms with Crippen molar-refractivity contribution in [2.75, 3.05) is 13.1 Å². The van der Waals surface area contributed by atoms with Gasteiger partial charge in [-0.25, -0.2) is 9.67 Å². The van der Waals surface area contributed by atoms with Crippen LogP contribution in [0.5, 0.6) is 0 Å². The fourth-order valence-electron chi connectivity index (χ4n) is 3.55. The van der Waals surface area contributed by atoms with Gasteiger partial charge in [0.15, 0.2) is 0 Å². The molecule has 0 aliphatic carbocycles. The van der Waals surface area contributed by atoms with Crippen molar-refractivity contribution in [2.24, 2.45) is 5.92 Å². The second-order valence-corrected chi connectivity index (χ2v) is 6.92. The number of nitrogens with one attached hydrogen (secondary N) is 1. The molecule has 3 aromatic rings. The van der Waals surface area contributed by atoms with Gasteiger partial charge in [0.2, 0.25) is 0 Å². The van der Waals surface area contributed by atoms with Crippen LogP contribution in [0, 0.1) is 12.8 Å². The van der Waals surface area contributed by atoms with E-state index in [0.29, 0.717) is 5.92 Å². The Bertz CT molecular complexity index is 888. The molecule has 6 heteroatoms. The molecule has 1 N–H and O–H groups in total. The number of piperidine rings is 1. The lowest BCUT2D eigenvalue weighted by Gasteiger charge is -2.31. The van der Waals surface area contributed by atoms with Crippen molar-refractivity contribution >= 4 is 11.0 Å². The van der Waals surface area contributed by atoms with Crippen molar-refractivity contribution in [1.82, 2.24) is 24.6 Å². The number of likely N-dealkylation sites (tertiary alicyclic amines) is 1. The summed E-state index contributed by atoms with van der Waals surface area (Å²) in [4.78, 5) is 22.4. The van der Waals surface area contributed by atoms with Gasteiger partial charge in [-0.1, -0.05) is 12.1 Å². The molecule has 130 valence electrons. The normalized spacial score (nSPS) is 16.5. The third kappa shape index (κ3) is 3.64. The highest BCUT2D eigenvalue weighted by Gasteiger charge is 2.21. The van der Waals surface area contributed by atoms with Crippen LogP contribution in [-0.4, -0.2) is 37.7 Å². The van der Waals surface area contributed by atoms with Crippen LogP contribution in [0.3, 0.4) is 0 Å². The minimum atomic E-state index is -0.00435. The van der Waals surface area contributed by atoms with Crippen LogP contribution in [0.4, 0.5) is 0 Å². The Balaban J connectivity index is 1.35. The molecular weight excluding hydrogens is 314 g/mol. The van der Waals surface area contributed by atoms with Crippen molar-refractivity contribution in [2.45, 2.75) is 32.9 Å². The van der Waals surface area contributed by atoms with Crippen LogP contribution < -0.4 is 5.56 Å². The van der Waals surface area contributed by atoms with Gasteiger partial charge in [-0.15, -0.1) is 0 Å². The molecule has 6 nitrogen and oxygen atoms in total. The Kier molecular flexibility index (Phi) is 4.36. The number of hydrogen-bond donors (Lipinski definition) is 1. The topological polar surface area (TPSA) is 66.8 Å². The number of aromatic amines is 1. The Hall–Kier alpha value is -2.47. The largest absolute Gasteiger partial charge is 0.341 e.